The SMILES string of the molecule is S.S.S.S.S.S.[C-]#[N+]C[C@H]1CN(c2nc(OC[C@@H]3CCCN3C)nc3c2CCN(c2cccc4cccc(Cl)c24)C3)CCN1C(=O)/C=C/C(F)F.[C-]#[N+]C[C@H]1CN(c2nc(OC[C@@H]3CCCN3C)nc3c2CCN(c2cccc4cccc(Cl)c24)C3)CCN1C(=O)/C=C/CN(C)CC(F)(F)F.[C-]#[N+]C[C@H]1CN(c2nc(OC[C@@H]3CCCN3C)nc3c2CCN(c2cccc4cccc(Cl)c24)C3)CCN1C(=O)C(=C)COC. The molecule has 3 aromatic heterocycles. The van der Waals surface area contributed by atoms with Gasteiger partial charge in [0.25, 0.3) is 12.3 Å². The second kappa shape index (κ2) is 54.5. The van der Waals surface area contributed by atoms with Gasteiger partial charge >= 0.3 is 24.2 Å². The maximum atomic E-state index is 13.2. The molecule has 6 saturated heterocycles. The van der Waals surface area contributed by atoms with E-state index >= 15 is 0 Å². The summed E-state index contributed by atoms with van der Waals surface area (Å²) in [5, 5.41) is 8.40. The summed E-state index contributed by atoms with van der Waals surface area (Å²) in [7, 11) is 9.23. The Bertz CT molecular complexity index is 6210. The monoisotopic (exact) mass is 2180 g/mol. The van der Waals surface area contributed by atoms with Gasteiger partial charge in [0.05, 0.1) is 64.9 Å². The third kappa shape index (κ3) is 28.4. The molecule has 0 bridgehead atoms. The van der Waals surface area contributed by atoms with Crippen molar-refractivity contribution in [2.75, 3.05) is 222 Å². The second-order valence-electron chi connectivity index (χ2n) is 37.2. The Hall–Kier alpha value is -9.94. The van der Waals surface area contributed by atoms with E-state index < -0.39 is 37.1 Å². The van der Waals surface area contributed by atoms with Crippen molar-refractivity contribution in [3.63, 3.8) is 0 Å². The predicted molar refractivity (Wildman–Crippen MR) is 599 cm³/mol. The lowest BCUT2D eigenvalue weighted by Crippen LogP contribution is -2.57. The summed E-state index contributed by atoms with van der Waals surface area (Å²) in [6, 6.07) is 37.2. The van der Waals surface area contributed by atoms with Gasteiger partial charge in [0.2, 0.25) is 31.4 Å². The van der Waals surface area contributed by atoms with Crippen LogP contribution in [-0.4, -0.2) is 323 Å². The van der Waals surface area contributed by atoms with E-state index in [-0.39, 0.29) is 144 Å². The van der Waals surface area contributed by atoms with Crippen LogP contribution in [0.2, 0.25) is 15.1 Å². The van der Waals surface area contributed by atoms with Crippen molar-refractivity contribution in [2.45, 2.75) is 126 Å². The number of alkyl halides is 5. The van der Waals surface area contributed by atoms with Crippen LogP contribution in [-0.2, 0) is 58.0 Å². The molecule has 9 aliphatic rings. The van der Waals surface area contributed by atoms with E-state index in [0.717, 1.165) is 201 Å². The molecule has 9 aliphatic heterocycles. The summed E-state index contributed by atoms with van der Waals surface area (Å²) in [4.78, 5) is 106. The van der Waals surface area contributed by atoms with E-state index in [0.29, 0.717) is 156 Å². The molecule has 18 rings (SSSR count). The van der Waals surface area contributed by atoms with Crippen LogP contribution in [0.25, 0.3) is 46.9 Å². The van der Waals surface area contributed by atoms with Crippen molar-refractivity contribution < 1.29 is 55.3 Å². The van der Waals surface area contributed by atoms with E-state index in [1.54, 1.807) is 16.9 Å². The number of allylic oxidation sites excluding steroid dienone is 1. The highest BCUT2D eigenvalue weighted by atomic mass is 35.5. The number of benzene rings is 6. The Kier molecular flexibility index (Phi) is 44.0. The largest absolute Gasteiger partial charge is 0.462 e. The van der Waals surface area contributed by atoms with Crippen LogP contribution in [0.3, 0.4) is 0 Å². The third-order valence-corrected chi connectivity index (χ3v) is 29.0. The number of hydrogen-bond acceptors (Lipinski definition) is 23. The number of halogens is 8. The van der Waals surface area contributed by atoms with Crippen LogP contribution < -0.4 is 43.6 Å². The lowest BCUT2D eigenvalue weighted by atomic mass is 10.0. The zero-order chi connectivity index (χ0) is 98.4. The van der Waals surface area contributed by atoms with Gasteiger partial charge in [0, 0.05) is 178 Å². The Morgan fingerprint density at radius 1 is 0.466 bits per heavy atom. The van der Waals surface area contributed by atoms with Gasteiger partial charge in [0.15, 0.2) is 0 Å². The molecule has 0 N–H and O–H groups in total. The number of ether oxygens (including phenoxy) is 4. The number of rotatable bonds is 27. The van der Waals surface area contributed by atoms with Crippen LogP contribution in [0.5, 0.6) is 18.0 Å². The van der Waals surface area contributed by atoms with Crippen molar-refractivity contribution in [1.82, 2.24) is 64.2 Å². The van der Waals surface area contributed by atoms with E-state index in [1.165, 1.54) is 24.1 Å². The predicted octanol–water partition coefficient (Wildman–Crippen LogP) is 15.5. The average molecular weight is 2180 g/mol. The molecule has 9 aromatic rings. The summed E-state index contributed by atoms with van der Waals surface area (Å²) in [6.45, 7) is 38.3. The molecule has 0 radical (unpaired) electrons. The van der Waals surface area contributed by atoms with Crippen LogP contribution in [0, 0.1) is 19.7 Å². The fraction of sp³-hybridized carbons (Fsp3) is 0.476. The second-order valence-corrected chi connectivity index (χ2v) is 38.4. The van der Waals surface area contributed by atoms with E-state index in [4.69, 9.17) is 103 Å². The van der Waals surface area contributed by atoms with Crippen LogP contribution in [0.4, 0.5) is 56.5 Å². The van der Waals surface area contributed by atoms with Gasteiger partial charge in [-0.3, -0.25) is 19.3 Å². The molecule has 3 amide bonds. The van der Waals surface area contributed by atoms with Gasteiger partial charge in [-0.15, -0.1) is 0 Å². The fourth-order valence-corrected chi connectivity index (χ4v) is 21.6. The first-order chi connectivity index (χ1) is 67.7. The van der Waals surface area contributed by atoms with Crippen LogP contribution in [0.1, 0.15) is 72.3 Å². The number of amides is 3. The maximum Gasteiger partial charge on any atom is 0.401 e. The van der Waals surface area contributed by atoms with Crippen LogP contribution >= 0.6 is 116 Å². The number of carbonyl (C=O) groups is 3. The van der Waals surface area contributed by atoms with Crippen molar-refractivity contribution in [2.24, 2.45) is 0 Å². The van der Waals surface area contributed by atoms with Crippen molar-refractivity contribution in [3.05, 3.63) is 229 Å². The smallest absolute Gasteiger partial charge is 0.401 e. The van der Waals surface area contributed by atoms with Crippen molar-refractivity contribution in [3.8, 4) is 18.0 Å². The standard InChI is InChI=1S/C36H42ClF3N8O2.C34H40ClN7O3.C33H36ClF2N7O2.6H2S/c1-41-20-27-21-47(18-19-48(27)32(49)13-7-15-44(2)24-36(38,39)40)34-28-14-17-46(31-12-5-9-25-8-4-11-29(37)33(25)31)22-30(28)42-35(43-34)50-23-26-10-6-16-45(26)3;1-23(21-44-4)33(43)42-17-16-41(19-26(42)18-36-2)32-27-13-15-40(30-12-6-9-24-8-5-11-28(35)31(24)30)20-29(27)37-34(38-32)45-22-25-10-7-14-39(25)3;1-37-18-24-19-42(16-17-43(24)30(44)12-11-29(35)36)32-25-13-15-41(28-10-4-7-22-6-3-9-26(34)31(22)28)20-27(25)38-33(39-32)45-21-23-8-5-14-40(23)2;;;;;;/h4-5,7-9,11-13,26-27H,6,10,14-24H2,2-3H3;5-6,8-9,11-12,25-26H,1,7,10,13-22H2,3-4H3;3-4,6-7,9-12,23-24,29H,5,8,13-21H2,2H3;6*1H2/b13-7+;;12-11+;;;;;;/t26-,27-;25-,26-;23-,24-;;;;;;/m000....../s1. The Morgan fingerprint density at radius 3 is 1.11 bits per heavy atom. The highest BCUT2D eigenvalue weighted by Gasteiger charge is 2.42. The third-order valence-electron chi connectivity index (χ3n) is 28.0. The Labute approximate surface area is 908 Å². The molecule has 0 spiro atoms. The average Bonchev–Trinajstić information content (AvgIpc) is 0.855. The van der Waals surface area contributed by atoms with Crippen LogP contribution in [0.15, 0.2) is 146 Å². The van der Waals surface area contributed by atoms with Crippen molar-refractivity contribution in [1.29, 1.82) is 0 Å². The molecule has 6 atom stereocenters. The number of aromatic nitrogens is 6. The van der Waals surface area contributed by atoms with Gasteiger partial charge in [-0.1, -0.05) is 120 Å². The zero-order valence-corrected chi connectivity index (χ0v) is 90.9. The van der Waals surface area contributed by atoms with Gasteiger partial charge in [-0.05, 0) is 164 Å². The van der Waals surface area contributed by atoms with E-state index in [9.17, 15) is 36.3 Å². The molecular weight excluding hydrogens is 2050 g/mol. The Morgan fingerprint density at radius 2 is 0.795 bits per heavy atom. The highest BCUT2D eigenvalue weighted by Crippen LogP contribution is 2.43. The molecule has 0 unspecified atom stereocenters. The van der Waals surface area contributed by atoms with Gasteiger partial charge in [0.1, 0.15) is 55.4 Å². The fourth-order valence-electron chi connectivity index (χ4n) is 20.7. The normalized spacial score (nSPS) is 19.5. The molecule has 6 aromatic carbocycles. The number of likely N-dealkylation sites (tertiary alicyclic amines) is 3. The Balaban J connectivity index is 0.000000220. The molecule has 0 saturated carbocycles. The summed E-state index contributed by atoms with van der Waals surface area (Å²) >= 11 is 20.1. The zero-order valence-electron chi connectivity index (χ0n) is 82.6. The summed E-state index contributed by atoms with van der Waals surface area (Å²) in [5.74, 6) is 1.34. The minimum atomic E-state index is -4.32. The number of methoxy groups -OCH3 is 1. The molecule has 29 nitrogen and oxygen atoms in total. The number of likely N-dealkylation sites (N-methyl/N-ethyl adjacent to an activating group) is 4. The molecular formula is C103H130Cl3F5N22O7S6. The highest BCUT2D eigenvalue weighted by molar-refractivity contribution is 7.60. The first-order valence-electron chi connectivity index (χ1n) is 47.9. The number of carbonyl (C=O) groups excluding carboxylic acids is 3. The quantitative estimate of drug-likeness (QED) is 0.0265. The van der Waals surface area contributed by atoms with Gasteiger partial charge in [-0.2, -0.15) is 124 Å². The lowest BCUT2D eigenvalue weighted by Gasteiger charge is -2.41. The van der Waals surface area contributed by atoms with Crippen molar-refractivity contribution >= 4 is 200 Å². The van der Waals surface area contributed by atoms with Gasteiger partial charge < -0.3 is 92.3 Å². The molecule has 146 heavy (non-hydrogen) atoms. The first kappa shape index (κ1) is 118. The summed E-state index contributed by atoms with van der Waals surface area (Å²) < 4.78 is 87.7. The summed E-state index contributed by atoms with van der Waals surface area (Å²) in [6.07, 6.45) is 5.92. The first-order valence-corrected chi connectivity index (χ1v) is 49.0. The number of anilines is 6. The molecule has 6 fully saturated rings. The number of hydrogen-bond donors (Lipinski definition) is 0. The summed E-state index contributed by atoms with van der Waals surface area (Å²) in [5.41, 5.74) is 9.34. The van der Waals surface area contributed by atoms with E-state index in [1.807, 2.05) is 48.5 Å². The molecule has 43 heteroatoms. The van der Waals surface area contributed by atoms with E-state index in [2.05, 4.69) is 147 Å². The number of fused-ring (bicyclic) bond motifs is 6. The lowest BCUT2D eigenvalue weighted by molar-refractivity contribution is -0.142. The molecule has 0 aliphatic carbocycles. The maximum absolute atomic E-state index is 13.2. The van der Waals surface area contributed by atoms with Gasteiger partial charge in [-0.25, -0.2) is 28.5 Å². The topological polar surface area (TPSA) is 221 Å². The number of nitrogens with zero attached hydrogens (tertiary/aromatic N) is 22. The molecule has 12 heterocycles. The molecule has 786 valence electrons. The number of piperazine rings is 3. The minimum absolute atomic E-state index is 0. The minimum Gasteiger partial charge on any atom is -0.462 e.